The van der Waals surface area contributed by atoms with Crippen LogP contribution in [0.2, 0.25) is 5.22 Å². The molecule has 14 heavy (non-hydrogen) atoms. The summed E-state index contributed by atoms with van der Waals surface area (Å²) < 4.78 is 5.15. The molecule has 1 unspecified atom stereocenters. The Morgan fingerprint density at radius 1 is 1.50 bits per heavy atom. The molecule has 2 N–H and O–H groups in total. The molecule has 0 spiro atoms. The zero-order valence-electron chi connectivity index (χ0n) is 8.46. The van der Waals surface area contributed by atoms with Crippen molar-refractivity contribution in [3.63, 3.8) is 0 Å². The zero-order chi connectivity index (χ0) is 10.6. The molecule has 1 heterocycles. The Morgan fingerprint density at radius 3 is 2.71 bits per heavy atom. The van der Waals surface area contributed by atoms with Crippen molar-refractivity contribution in [1.29, 1.82) is 0 Å². The number of halogens is 1. The second-order valence-electron chi connectivity index (χ2n) is 3.65. The third kappa shape index (κ3) is 3.70. The largest absolute Gasteiger partial charge is 0.448 e. The molecular formula is C10H16ClNO2. The molecular weight excluding hydrogens is 202 g/mol. The van der Waals surface area contributed by atoms with Crippen molar-refractivity contribution in [3.8, 4) is 0 Å². The molecule has 1 aromatic heterocycles. The average molecular weight is 218 g/mol. The molecule has 0 aliphatic rings. The van der Waals surface area contributed by atoms with Crippen molar-refractivity contribution in [1.82, 2.24) is 5.32 Å². The molecule has 0 fully saturated rings. The van der Waals surface area contributed by atoms with Crippen LogP contribution in [0.15, 0.2) is 16.5 Å². The topological polar surface area (TPSA) is 45.4 Å². The summed E-state index contributed by atoms with van der Waals surface area (Å²) in [5, 5.41) is 13.0. The van der Waals surface area contributed by atoms with Crippen LogP contribution in [0.5, 0.6) is 0 Å². The first-order valence-corrected chi connectivity index (χ1v) is 5.10. The summed E-state index contributed by atoms with van der Waals surface area (Å²) in [6, 6.07) is 3.52. The second-order valence-corrected chi connectivity index (χ2v) is 4.02. The minimum Gasteiger partial charge on any atom is -0.448 e. The van der Waals surface area contributed by atoms with Gasteiger partial charge in [0.2, 0.25) is 0 Å². The van der Waals surface area contributed by atoms with E-state index in [1.807, 2.05) is 19.9 Å². The van der Waals surface area contributed by atoms with Gasteiger partial charge in [-0.1, -0.05) is 13.8 Å². The highest BCUT2D eigenvalue weighted by atomic mass is 35.5. The number of hydrogen-bond donors (Lipinski definition) is 2. The lowest BCUT2D eigenvalue weighted by Crippen LogP contribution is -2.30. The minimum atomic E-state index is -0.319. The number of furan rings is 1. The molecule has 0 bridgehead atoms. The third-order valence-electron chi connectivity index (χ3n) is 2.05. The quantitative estimate of drug-likeness (QED) is 0.794. The molecule has 0 amide bonds. The van der Waals surface area contributed by atoms with E-state index in [9.17, 15) is 5.11 Å². The van der Waals surface area contributed by atoms with E-state index in [4.69, 9.17) is 16.0 Å². The first-order valence-electron chi connectivity index (χ1n) is 4.72. The van der Waals surface area contributed by atoms with Crippen LogP contribution in [0, 0.1) is 5.92 Å². The Labute approximate surface area is 89.1 Å². The van der Waals surface area contributed by atoms with Gasteiger partial charge >= 0.3 is 0 Å². The van der Waals surface area contributed by atoms with Gasteiger partial charge in [-0.3, -0.25) is 0 Å². The summed E-state index contributed by atoms with van der Waals surface area (Å²) in [6.07, 6.45) is -0.319. The Kier molecular flexibility index (Phi) is 4.45. The molecule has 0 saturated carbocycles. The predicted octanol–water partition coefficient (Wildman–Crippen LogP) is 2.04. The standard InChI is InChI=1S/C10H16ClNO2/c1-7(2)9(13)6-12-5-8-3-4-10(11)14-8/h3-4,7,9,12-13H,5-6H2,1-2H3. The Bertz CT molecular complexity index is 273. The van der Waals surface area contributed by atoms with Gasteiger partial charge in [0.15, 0.2) is 5.22 Å². The number of nitrogens with one attached hydrogen (secondary N) is 1. The fourth-order valence-corrected chi connectivity index (χ4v) is 1.19. The fraction of sp³-hybridized carbons (Fsp3) is 0.600. The molecule has 80 valence electrons. The molecule has 1 atom stereocenters. The molecule has 0 radical (unpaired) electrons. The molecule has 0 saturated heterocycles. The maximum Gasteiger partial charge on any atom is 0.193 e. The maximum atomic E-state index is 9.49. The van der Waals surface area contributed by atoms with Crippen molar-refractivity contribution in [2.75, 3.05) is 6.54 Å². The molecule has 0 aliphatic carbocycles. The second kappa shape index (κ2) is 5.39. The summed E-state index contributed by atoms with van der Waals surface area (Å²) in [5.41, 5.74) is 0. The highest BCUT2D eigenvalue weighted by molar-refractivity contribution is 6.28. The summed E-state index contributed by atoms with van der Waals surface area (Å²) in [4.78, 5) is 0. The minimum absolute atomic E-state index is 0.266. The van der Waals surface area contributed by atoms with E-state index in [2.05, 4.69) is 5.32 Å². The average Bonchev–Trinajstić information content (AvgIpc) is 2.51. The lowest BCUT2D eigenvalue weighted by Gasteiger charge is -2.14. The molecule has 0 aromatic carbocycles. The van der Waals surface area contributed by atoms with Crippen LogP contribution >= 0.6 is 11.6 Å². The van der Waals surface area contributed by atoms with Crippen molar-refractivity contribution >= 4 is 11.6 Å². The predicted molar refractivity (Wildman–Crippen MR) is 56.3 cm³/mol. The van der Waals surface area contributed by atoms with Crippen LogP contribution in [-0.4, -0.2) is 17.8 Å². The molecule has 3 nitrogen and oxygen atoms in total. The highest BCUT2D eigenvalue weighted by Crippen LogP contribution is 2.12. The molecule has 4 heteroatoms. The smallest absolute Gasteiger partial charge is 0.193 e. The van der Waals surface area contributed by atoms with Gasteiger partial charge < -0.3 is 14.8 Å². The van der Waals surface area contributed by atoms with E-state index in [-0.39, 0.29) is 12.0 Å². The van der Waals surface area contributed by atoms with Crippen LogP contribution in [0.1, 0.15) is 19.6 Å². The number of hydrogen-bond acceptors (Lipinski definition) is 3. The van der Waals surface area contributed by atoms with Gasteiger partial charge in [0, 0.05) is 6.54 Å². The van der Waals surface area contributed by atoms with Crippen LogP contribution in [0.3, 0.4) is 0 Å². The molecule has 1 aromatic rings. The van der Waals surface area contributed by atoms with E-state index in [1.165, 1.54) is 0 Å². The van der Waals surface area contributed by atoms with Gasteiger partial charge in [-0.25, -0.2) is 0 Å². The van der Waals surface area contributed by atoms with E-state index in [0.29, 0.717) is 18.3 Å². The normalized spacial score (nSPS) is 13.5. The summed E-state index contributed by atoms with van der Waals surface area (Å²) >= 11 is 5.61. The van der Waals surface area contributed by atoms with Crippen LogP contribution < -0.4 is 5.32 Å². The fourth-order valence-electron chi connectivity index (χ4n) is 1.03. The third-order valence-corrected chi connectivity index (χ3v) is 2.25. The van der Waals surface area contributed by atoms with Crippen molar-refractivity contribution in [3.05, 3.63) is 23.1 Å². The van der Waals surface area contributed by atoms with Gasteiger partial charge in [-0.2, -0.15) is 0 Å². The van der Waals surface area contributed by atoms with Crippen molar-refractivity contribution in [2.45, 2.75) is 26.5 Å². The highest BCUT2D eigenvalue weighted by Gasteiger charge is 2.08. The maximum absolute atomic E-state index is 9.49. The van der Waals surface area contributed by atoms with E-state index >= 15 is 0 Å². The van der Waals surface area contributed by atoms with Gasteiger partial charge in [0.05, 0.1) is 12.6 Å². The number of aliphatic hydroxyl groups excluding tert-OH is 1. The van der Waals surface area contributed by atoms with Crippen LogP contribution in [0.4, 0.5) is 0 Å². The Hall–Kier alpha value is -0.510. The van der Waals surface area contributed by atoms with Gasteiger partial charge in [-0.15, -0.1) is 0 Å². The van der Waals surface area contributed by atoms with Gasteiger partial charge in [0.25, 0.3) is 0 Å². The number of rotatable bonds is 5. The SMILES string of the molecule is CC(C)C(O)CNCc1ccc(Cl)o1. The van der Waals surface area contributed by atoms with Gasteiger partial charge in [-0.05, 0) is 29.7 Å². The summed E-state index contributed by atoms with van der Waals surface area (Å²) in [5.74, 6) is 1.05. The lowest BCUT2D eigenvalue weighted by molar-refractivity contribution is 0.123. The lowest BCUT2D eigenvalue weighted by atomic mass is 10.1. The first-order chi connectivity index (χ1) is 6.59. The Balaban J connectivity index is 2.22. The van der Waals surface area contributed by atoms with Crippen LogP contribution in [-0.2, 0) is 6.54 Å². The first kappa shape index (κ1) is 11.6. The monoisotopic (exact) mass is 217 g/mol. The zero-order valence-corrected chi connectivity index (χ0v) is 9.21. The van der Waals surface area contributed by atoms with Crippen molar-refractivity contribution < 1.29 is 9.52 Å². The summed E-state index contributed by atoms with van der Waals surface area (Å²) in [6.45, 7) is 5.12. The summed E-state index contributed by atoms with van der Waals surface area (Å²) in [7, 11) is 0. The van der Waals surface area contributed by atoms with Crippen molar-refractivity contribution in [2.24, 2.45) is 5.92 Å². The van der Waals surface area contributed by atoms with E-state index in [1.54, 1.807) is 6.07 Å². The molecule has 0 aliphatic heterocycles. The number of aliphatic hydroxyl groups is 1. The Morgan fingerprint density at radius 2 is 2.21 bits per heavy atom. The van der Waals surface area contributed by atoms with E-state index in [0.717, 1.165) is 5.76 Å². The molecule has 1 rings (SSSR count). The van der Waals surface area contributed by atoms with Gasteiger partial charge in [0.1, 0.15) is 5.76 Å². The van der Waals surface area contributed by atoms with Crippen LogP contribution in [0.25, 0.3) is 0 Å². The van der Waals surface area contributed by atoms with E-state index < -0.39 is 0 Å².